The van der Waals surface area contributed by atoms with Crippen LogP contribution in [0.25, 0.3) is 0 Å². The van der Waals surface area contributed by atoms with Crippen LogP contribution < -0.4 is 10.6 Å². The topological polar surface area (TPSA) is 41.1 Å². The summed E-state index contributed by atoms with van der Waals surface area (Å²) in [5.41, 5.74) is 1.78. The van der Waals surface area contributed by atoms with Crippen LogP contribution in [-0.4, -0.2) is 11.9 Å². The first-order valence-corrected chi connectivity index (χ1v) is 7.32. The summed E-state index contributed by atoms with van der Waals surface area (Å²) in [7, 11) is 0. The Bertz CT molecular complexity index is 601. The van der Waals surface area contributed by atoms with Crippen LogP contribution in [0.5, 0.6) is 0 Å². The van der Waals surface area contributed by atoms with E-state index in [-0.39, 0.29) is 18.0 Å². The van der Waals surface area contributed by atoms with Crippen molar-refractivity contribution in [3.8, 4) is 0 Å². The van der Waals surface area contributed by atoms with Gasteiger partial charge in [0.25, 0.3) is 0 Å². The second kappa shape index (κ2) is 7.25. The Morgan fingerprint density at radius 2 is 1.62 bits per heavy atom. The number of hydrogen-bond donors (Lipinski definition) is 2. The first-order valence-electron chi connectivity index (χ1n) is 6.94. The predicted molar refractivity (Wildman–Crippen MR) is 87.5 cm³/mol. The summed E-state index contributed by atoms with van der Waals surface area (Å²) < 4.78 is 0. The van der Waals surface area contributed by atoms with Crippen molar-refractivity contribution in [1.29, 1.82) is 0 Å². The van der Waals surface area contributed by atoms with Gasteiger partial charge in [0.1, 0.15) is 0 Å². The van der Waals surface area contributed by atoms with Crippen LogP contribution in [0.4, 0.5) is 5.69 Å². The van der Waals surface area contributed by atoms with Gasteiger partial charge in [-0.2, -0.15) is 0 Å². The normalized spacial score (nSPS) is 13.5. The number of carbonyl (C=O) groups excluding carboxylic acids is 1. The lowest BCUT2D eigenvalue weighted by Gasteiger charge is -2.20. The van der Waals surface area contributed by atoms with Gasteiger partial charge in [-0.15, -0.1) is 0 Å². The highest BCUT2D eigenvalue weighted by Crippen LogP contribution is 2.22. The number of anilines is 1. The zero-order valence-electron chi connectivity index (χ0n) is 12.1. The number of hydrogen-bond acceptors (Lipinski definition) is 2. The maximum Gasteiger partial charge on any atom is 0.241 e. The minimum Gasteiger partial charge on any atom is -0.325 e. The highest BCUT2D eigenvalue weighted by molar-refractivity contribution is 6.31. The molecule has 3 nitrogen and oxygen atoms in total. The molecular weight excluding hydrogens is 284 g/mol. The fraction of sp³-hybridized carbons (Fsp3) is 0.235. The molecule has 0 saturated heterocycles. The third-order valence-corrected chi connectivity index (χ3v) is 3.65. The molecule has 2 rings (SSSR count). The first-order chi connectivity index (χ1) is 10.1. The second-order valence-electron chi connectivity index (χ2n) is 4.99. The van der Waals surface area contributed by atoms with Gasteiger partial charge in [0.2, 0.25) is 5.91 Å². The van der Waals surface area contributed by atoms with E-state index in [1.165, 1.54) is 0 Å². The number of nitrogens with one attached hydrogen (secondary N) is 2. The maximum atomic E-state index is 12.2. The van der Waals surface area contributed by atoms with Crippen LogP contribution >= 0.6 is 11.6 Å². The van der Waals surface area contributed by atoms with E-state index in [4.69, 9.17) is 11.6 Å². The Kier molecular flexibility index (Phi) is 5.37. The van der Waals surface area contributed by atoms with E-state index in [2.05, 4.69) is 10.6 Å². The molecule has 110 valence electrons. The Morgan fingerprint density at radius 3 is 2.29 bits per heavy atom. The summed E-state index contributed by atoms with van der Waals surface area (Å²) in [4.78, 5) is 12.2. The lowest BCUT2D eigenvalue weighted by molar-refractivity contribution is -0.117. The third kappa shape index (κ3) is 4.31. The molecule has 0 radical (unpaired) electrons. The number of halogens is 1. The van der Waals surface area contributed by atoms with E-state index in [0.717, 1.165) is 11.3 Å². The molecule has 0 heterocycles. The summed E-state index contributed by atoms with van der Waals surface area (Å²) in [6.07, 6.45) is 0. The number of para-hydroxylation sites is 1. The van der Waals surface area contributed by atoms with Crippen LogP contribution in [0.15, 0.2) is 54.6 Å². The Morgan fingerprint density at radius 1 is 1.00 bits per heavy atom. The van der Waals surface area contributed by atoms with E-state index in [9.17, 15) is 4.79 Å². The van der Waals surface area contributed by atoms with E-state index in [0.29, 0.717) is 5.02 Å². The van der Waals surface area contributed by atoms with Crippen LogP contribution in [0.3, 0.4) is 0 Å². The van der Waals surface area contributed by atoms with E-state index < -0.39 is 0 Å². The Hall–Kier alpha value is -1.84. The van der Waals surface area contributed by atoms with Crippen molar-refractivity contribution in [2.45, 2.75) is 25.9 Å². The first kappa shape index (κ1) is 15.5. The number of amides is 1. The molecule has 0 fully saturated rings. The van der Waals surface area contributed by atoms with Crippen molar-refractivity contribution in [2.75, 3.05) is 5.32 Å². The van der Waals surface area contributed by atoms with Crippen molar-refractivity contribution < 1.29 is 4.79 Å². The molecule has 0 aromatic heterocycles. The molecule has 4 heteroatoms. The largest absolute Gasteiger partial charge is 0.325 e. The summed E-state index contributed by atoms with van der Waals surface area (Å²) in [5, 5.41) is 6.84. The fourth-order valence-electron chi connectivity index (χ4n) is 2.14. The summed E-state index contributed by atoms with van der Waals surface area (Å²) >= 11 is 6.17. The Balaban J connectivity index is 1.96. The number of benzene rings is 2. The van der Waals surface area contributed by atoms with Gasteiger partial charge in [-0.25, -0.2) is 0 Å². The smallest absolute Gasteiger partial charge is 0.241 e. The molecule has 0 aliphatic heterocycles. The van der Waals surface area contributed by atoms with Gasteiger partial charge < -0.3 is 5.32 Å². The summed E-state index contributed by atoms with van der Waals surface area (Å²) in [6, 6.07) is 16.7. The van der Waals surface area contributed by atoms with Crippen LogP contribution in [-0.2, 0) is 4.79 Å². The highest BCUT2D eigenvalue weighted by atomic mass is 35.5. The molecule has 2 atom stereocenters. The standard InChI is InChI=1S/C17H19ClN2O/c1-12(15-10-6-7-11-16(15)18)19-13(2)17(21)20-14-8-4-3-5-9-14/h3-13,19H,1-2H3,(H,20,21)/t12-,13-/m0/s1. The molecule has 0 aliphatic carbocycles. The van der Waals surface area contributed by atoms with Crippen molar-refractivity contribution in [3.63, 3.8) is 0 Å². The Labute approximate surface area is 130 Å². The van der Waals surface area contributed by atoms with Gasteiger partial charge >= 0.3 is 0 Å². The SMILES string of the molecule is C[C@H](N[C@@H](C)c1ccccc1Cl)C(=O)Nc1ccccc1. The lowest BCUT2D eigenvalue weighted by Crippen LogP contribution is -2.39. The van der Waals surface area contributed by atoms with Gasteiger partial charge in [0.15, 0.2) is 0 Å². The fourth-order valence-corrected chi connectivity index (χ4v) is 2.44. The molecule has 2 aromatic rings. The molecule has 21 heavy (non-hydrogen) atoms. The van der Waals surface area contributed by atoms with Gasteiger partial charge in [-0.1, -0.05) is 48.0 Å². The van der Waals surface area contributed by atoms with Gasteiger partial charge in [-0.3, -0.25) is 10.1 Å². The average Bonchev–Trinajstić information content (AvgIpc) is 2.48. The molecular formula is C17H19ClN2O. The van der Waals surface area contributed by atoms with Crippen molar-refractivity contribution in [3.05, 3.63) is 65.2 Å². The van der Waals surface area contributed by atoms with Crippen LogP contribution in [0.1, 0.15) is 25.5 Å². The zero-order valence-corrected chi connectivity index (χ0v) is 12.9. The van der Waals surface area contributed by atoms with E-state index in [1.807, 2.05) is 68.4 Å². The van der Waals surface area contributed by atoms with Crippen LogP contribution in [0.2, 0.25) is 5.02 Å². The minimum absolute atomic E-state index is 0.00442. The molecule has 0 unspecified atom stereocenters. The van der Waals surface area contributed by atoms with Gasteiger partial charge in [0, 0.05) is 16.8 Å². The monoisotopic (exact) mass is 302 g/mol. The zero-order chi connectivity index (χ0) is 15.2. The number of rotatable bonds is 5. The van der Waals surface area contributed by atoms with Gasteiger partial charge in [-0.05, 0) is 37.6 Å². The summed E-state index contributed by atoms with van der Waals surface area (Å²) in [5.74, 6) is -0.0693. The minimum atomic E-state index is -0.323. The van der Waals surface area contributed by atoms with Crippen molar-refractivity contribution in [1.82, 2.24) is 5.32 Å². The highest BCUT2D eigenvalue weighted by Gasteiger charge is 2.17. The quantitative estimate of drug-likeness (QED) is 0.876. The molecule has 2 aromatic carbocycles. The molecule has 0 spiro atoms. The molecule has 0 bridgehead atoms. The second-order valence-corrected chi connectivity index (χ2v) is 5.39. The number of carbonyl (C=O) groups is 1. The van der Waals surface area contributed by atoms with Crippen molar-refractivity contribution >= 4 is 23.2 Å². The molecule has 2 N–H and O–H groups in total. The predicted octanol–water partition coefficient (Wildman–Crippen LogP) is 4.02. The van der Waals surface area contributed by atoms with Crippen LogP contribution in [0, 0.1) is 0 Å². The maximum absolute atomic E-state index is 12.2. The average molecular weight is 303 g/mol. The molecule has 1 amide bonds. The lowest BCUT2D eigenvalue weighted by atomic mass is 10.1. The third-order valence-electron chi connectivity index (χ3n) is 3.31. The summed E-state index contributed by atoms with van der Waals surface area (Å²) in [6.45, 7) is 3.83. The van der Waals surface area contributed by atoms with Crippen molar-refractivity contribution in [2.24, 2.45) is 0 Å². The molecule has 0 aliphatic rings. The van der Waals surface area contributed by atoms with E-state index >= 15 is 0 Å². The van der Waals surface area contributed by atoms with E-state index in [1.54, 1.807) is 0 Å². The molecule has 0 saturated carbocycles. The van der Waals surface area contributed by atoms with Gasteiger partial charge in [0.05, 0.1) is 6.04 Å².